The predicted molar refractivity (Wildman–Crippen MR) is 112 cm³/mol. The van der Waals surface area contributed by atoms with Crippen molar-refractivity contribution in [2.45, 2.75) is 49.6 Å². The first kappa shape index (κ1) is 20.0. The Morgan fingerprint density at radius 2 is 2.00 bits per heavy atom. The average Bonchev–Trinajstić information content (AvgIpc) is 3.06. The third kappa shape index (κ3) is 3.01. The van der Waals surface area contributed by atoms with Crippen LogP contribution in [0.3, 0.4) is 0 Å². The Morgan fingerprint density at radius 1 is 1.19 bits per heavy atom. The molecule has 3 aliphatic rings. The average molecular weight is 427 g/mol. The fraction of sp³-hybridized carbons (Fsp3) is 0.476. The summed E-state index contributed by atoms with van der Waals surface area (Å²) in [5.41, 5.74) is 6.32. The first-order valence-electron chi connectivity index (χ1n) is 10.5. The van der Waals surface area contributed by atoms with E-state index in [9.17, 15) is 24.6 Å². The van der Waals surface area contributed by atoms with Crippen molar-refractivity contribution in [1.29, 1.82) is 0 Å². The first-order valence-corrected chi connectivity index (χ1v) is 10.5. The van der Waals surface area contributed by atoms with Gasteiger partial charge in [-0.2, -0.15) is 0 Å². The number of carboxylic acid groups (broad SMARTS) is 2. The number of aromatic nitrogens is 1. The molecule has 0 radical (unpaired) electrons. The van der Waals surface area contributed by atoms with Crippen LogP contribution in [0.5, 0.6) is 0 Å². The van der Waals surface area contributed by atoms with Crippen LogP contribution in [-0.4, -0.2) is 68.5 Å². The normalized spacial score (nSPS) is 29.0. The Hall–Kier alpha value is -2.95. The summed E-state index contributed by atoms with van der Waals surface area (Å²) in [6, 6.07) is 5.51. The van der Waals surface area contributed by atoms with E-state index in [2.05, 4.69) is 15.1 Å². The number of fused-ring (bicyclic) bond motifs is 1. The van der Waals surface area contributed by atoms with Gasteiger partial charge in [-0.3, -0.25) is 24.2 Å². The lowest BCUT2D eigenvalue weighted by Gasteiger charge is -2.38. The van der Waals surface area contributed by atoms with E-state index in [0.29, 0.717) is 5.52 Å². The number of aromatic carboxylic acids is 1. The van der Waals surface area contributed by atoms with Gasteiger partial charge in [0.2, 0.25) is 0 Å². The second kappa shape index (κ2) is 7.04. The Bertz CT molecular complexity index is 1130. The molecule has 5 N–H and O–H groups in total. The molecule has 4 unspecified atom stereocenters. The minimum atomic E-state index is -1.24. The van der Waals surface area contributed by atoms with Gasteiger partial charge in [0.1, 0.15) is 11.6 Å². The van der Waals surface area contributed by atoms with Crippen molar-refractivity contribution in [2.75, 3.05) is 18.0 Å². The van der Waals surface area contributed by atoms with Gasteiger partial charge in [0.25, 0.3) is 5.56 Å². The number of rotatable bonds is 5. The van der Waals surface area contributed by atoms with Crippen molar-refractivity contribution < 1.29 is 19.8 Å². The number of carbonyl (C=O) groups is 2. The van der Waals surface area contributed by atoms with Crippen LogP contribution >= 0.6 is 0 Å². The number of hydrogen-bond acceptors (Lipinski definition) is 7. The summed E-state index contributed by atoms with van der Waals surface area (Å²) in [6.45, 7) is 1.71. The Balaban J connectivity index is 1.45. The standard InChI is InChI=1S/C21H25N5O5/c22-16(20(30)31)17-21(23-17)7-2-9-26(21)15-3-1-8-24(15)13-6-10-25-12(11-13)4-5-14(18(25)27)19(28)29/h4-6,10-11,15-17,23H,1-3,7-9,22H2,(H,28,29)(H,30,31). The molecule has 4 atom stereocenters. The molecule has 3 aliphatic heterocycles. The van der Waals surface area contributed by atoms with Crippen LogP contribution in [-0.2, 0) is 4.79 Å². The van der Waals surface area contributed by atoms with Gasteiger partial charge >= 0.3 is 11.9 Å². The lowest BCUT2D eigenvalue weighted by Crippen LogP contribution is -2.52. The maximum absolute atomic E-state index is 12.4. The molecule has 0 aromatic carbocycles. The van der Waals surface area contributed by atoms with E-state index >= 15 is 0 Å². The molecule has 5 heterocycles. The highest BCUT2D eigenvalue weighted by Crippen LogP contribution is 2.45. The minimum absolute atomic E-state index is 0.105. The maximum Gasteiger partial charge on any atom is 0.341 e. The highest BCUT2D eigenvalue weighted by Gasteiger charge is 2.65. The van der Waals surface area contributed by atoms with Crippen molar-refractivity contribution in [1.82, 2.24) is 14.6 Å². The highest BCUT2D eigenvalue weighted by molar-refractivity contribution is 5.87. The van der Waals surface area contributed by atoms with E-state index in [4.69, 9.17) is 5.73 Å². The van der Waals surface area contributed by atoms with Crippen LogP contribution in [0.1, 0.15) is 36.0 Å². The van der Waals surface area contributed by atoms with E-state index in [0.717, 1.165) is 44.5 Å². The molecule has 1 spiro atoms. The molecule has 31 heavy (non-hydrogen) atoms. The van der Waals surface area contributed by atoms with Gasteiger partial charge in [0.15, 0.2) is 0 Å². The van der Waals surface area contributed by atoms with Gasteiger partial charge < -0.3 is 20.8 Å². The second-order valence-corrected chi connectivity index (χ2v) is 8.56. The Labute approximate surface area is 177 Å². The zero-order valence-corrected chi connectivity index (χ0v) is 16.9. The van der Waals surface area contributed by atoms with Crippen LogP contribution in [0.4, 0.5) is 5.69 Å². The number of carboxylic acids is 2. The fourth-order valence-corrected chi connectivity index (χ4v) is 5.43. The van der Waals surface area contributed by atoms with E-state index in [1.807, 2.05) is 12.1 Å². The summed E-state index contributed by atoms with van der Waals surface area (Å²) in [5.74, 6) is -2.24. The molecule has 2 aromatic heterocycles. The fourth-order valence-electron chi connectivity index (χ4n) is 5.43. The summed E-state index contributed by atoms with van der Waals surface area (Å²) in [4.78, 5) is 39.7. The van der Waals surface area contributed by atoms with Crippen LogP contribution in [0.25, 0.3) is 5.52 Å². The van der Waals surface area contributed by atoms with E-state index in [1.54, 1.807) is 12.3 Å². The van der Waals surface area contributed by atoms with Gasteiger partial charge in [-0.25, -0.2) is 4.79 Å². The molecule has 2 aromatic rings. The van der Waals surface area contributed by atoms with Gasteiger partial charge in [0, 0.05) is 25.0 Å². The molecular weight excluding hydrogens is 402 g/mol. The predicted octanol–water partition coefficient (Wildman–Crippen LogP) is 0.0998. The molecule has 5 rings (SSSR count). The third-order valence-electron chi connectivity index (χ3n) is 6.93. The molecule has 0 aliphatic carbocycles. The quantitative estimate of drug-likeness (QED) is 0.487. The zero-order chi connectivity index (χ0) is 21.9. The van der Waals surface area contributed by atoms with Crippen LogP contribution in [0.15, 0.2) is 35.3 Å². The number of nitrogens with two attached hydrogens (primary N) is 1. The lowest BCUT2D eigenvalue weighted by atomic mass is 10.0. The SMILES string of the molecule is NC(C(=O)O)C1NC12CCCN2C1CCCN1c1ccn2c(=O)c(C(=O)O)ccc2c1. The van der Waals surface area contributed by atoms with Crippen molar-refractivity contribution in [2.24, 2.45) is 5.73 Å². The monoisotopic (exact) mass is 427 g/mol. The maximum atomic E-state index is 12.4. The summed E-state index contributed by atoms with van der Waals surface area (Å²) < 4.78 is 1.35. The van der Waals surface area contributed by atoms with Crippen molar-refractivity contribution in [3.63, 3.8) is 0 Å². The third-order valence-corrected chi connectivity index (χ3v) is 6.93. The molecule has 3 saturated heterocycles. The number of nitrogens with zero attached hydrogens (tertiary/aromatic N) is 3. The number of hydrogen-bond donors (Lipinski definition) is 4. The highest BCUT2D eigenvalue weighted by atomic mass is 16.4. The topological polar surface area (TPSA) is 151 Å². The number of anilines is 1. The number of nitrogens with one attached hydrogen (secondary N) is 1. The van der Waals surface area contributed by atoms with Crippen LogP contribution < -0.4 is 21.5 Å². The summed E-state index contributed by atoms with van der Waals surface area (Å²) in [7, 11) is 0. The molecule has 10 heteroatoms. The largest absolute Gasteiger partial charge is 0.480 e. The van der Waals surface area contributed by atoms with Gasteiger partial charge in [-0.15, -0.1) is 0 Å². The smallest absolute Gasteiger partial charge is 0.341 e. The second-order valence-electron chi connectivity index (χ2n) is 8.56. The summed E-state index contributed by atoms with van der Waals surface area (Å²) in [5, 5.41) is 21.9. The Morgan fingerprint density at radius 3 is 2.74 bits per heavy atom. The molecule has 0 amide bonds. The molecule has 164 valence electrons. The van der Waals surface area contributed by atoms with Gasteiger partial charge in [0.05, 0.1) is 23.4 Å². The minimum Gasteiger partial charge on any atom is -0.480 e. The lowest BCUT2D eigenvalue weighted by molar-refractivity contribution is -0.138. The van der Waals surface area contributed by atoms with E-state index < -0.39 is 23.5 Å². The van der Waals surface area contributed by atoms with Crippen molar-refractivity contribution in [3.8, 4) is 0 Å². The molecule has 10 nitrogen and oxygen atoms in total. The summed E-state index contributed by atoms with van der Waals surface area (Å²) in [6.07, 6.45) is 5.53. The molecule has 0 bridgehead atoms. The van der Waals surface area contributed by atoms with Crippen molar-refractivity contribution in [3.05, 3.63) is 46.4 Å². The summed E-state index contributed by atoms with van der Waals surface area (Å²) >= 11 is 0. The molecule has 3 fully saturated rings. The molecular formula is C21H25N5O5. The first-order chi connectivity index (χ1) is 14.8. The molecule has 0 saturated carbocycles. The number of aliphatic carboxylic acids is 1. The van der Waals surface area contributed by atoms with E-state index in [-0.39, 0.29) is 23.4 Å². The Kier molecular flexibility index (Phi) is 4.54. The van der Waals surface area contributed by atoms with Crippen LogP contribution in [0, 0.1) is 0 Å². The van der Waals surface area contributed by atoms with Crippen LogP contribution in [0.2, 0.25) is 0 Å². The zero-order valence-electron chi connectivity index (χ0n) is 16.9. The van der Waals surface area contributed by atoms with Crippen molar-refractivity contribution >= 4 is 23.1 Å². The van der Waals surface area contributed by atoms with E-state index in [1.165, 1.54) is 10.5 Å². The number of likely N-dealkylation sites (tertiary alicyclic amines) is 1. The van der Waals surface area contributed by atoms with Gasteiger partial charge in [-0.1, -0.05) is 0 Å². The van der Waals surface area contributed by atoms with Gasteiger partial charge in [-0.05, 0) is 49.9 Å². The number of pyridine rings is 2.